The summed E-state index contributed by atoms with van der Waals surface area (Å²) in [6.07, 6.45) is 6.54. The molecule has 1 aromatic heterocycles. The molecule has 0 bridgehead atoms. The molecule has 2 fully saturated rings. The molecule has 0 N–H and O–H groups in total. The van der Waals surface area contributed by atoms with Crippen LogP contribution in [-0.2, 0) is 0 Å². The third kappa shape index (κ3) is 4.44. The summed E-state index contributed by atoms with van der Waals surface area (Å²) in [4.78, 5) is 28.4. The Morgan fingerprint density at radius 1 is 0.897 bits per heavy atom. The van der Waals surface area contributed by atoms with Gasteiger partial charge >= 0.3 is 0 Å². The van der Waals surface area contributed by atoms with Crippen LogP contribution in [0.2, 0.25) is 0 Å². The lowest BCUT2D eigenvalue weighted by atomic mass is 10.2. The van der Waals surface area contributed by atoms with Gasteiger partial charge < -0.3 is 19.4 Å². The van der Waals surface area contributed by atoms with Crippen molar-refractivity contribution in [3.05, 3.63) is 42.2 Å². The van der Waals surface area contributed by atoms with Crippen LogP contribution in [0.5, 0.6) is 5.75 Å². The first-order valence-corrected chi connectivity index (χ1v) is 10.5. The summed E-state index contributed by atoms with van der Waals surface area (Å²) in [5.74, 6) is 1.54. The minimum Gasteiger partial charge on any atom is -0.495 e. The van der Waals surface area contributed by atoms with E-state index < -0.39 is 0 Å². The molecule has 0 radical (unpaired) electrons. The number of carbonyl (C=O) groups is 1. The number of rotatable bonds is 4. The number of methoxy groups -OCH3 is 1. The van der Waals surface area contributed by atoms with E-state index in [1.54, 1.807) is 19.4 Å². The lowest BCUT2D eigenvalue weighted by Crippen LogP contribution is -2.49. The largest absolute Gasteiger partial charge is 0.495 e. The van der Waals surface area contributed by atoms with E-state index >= 15 is 0 Å². The number of amides is 1. The second-order valence-electron chi connectivity index (χ2n) is 7.59. The minimum absolute atomic E-state index is 0.0110. The Balaban J connectivity index is 1.41. The number of benzene rings is 1. The van der Waals surface area contributed by atoms with Gasteiger partial charge in [0.1, 0.15) is 11.4 Å². The lowest BCUT2D eigenvalue weighted by molar-refractivity contribution is 0.0740. The van der Waals surface area contributed by atoms with Crippen LogP contribution < -0.4 is 14.5 Å². The SMILES string of the molecule is COc1ccccc1N1CCN(C(=O)c2ccnc(N3CCCCCC3)n2)CC1. The Bertz CT molecular complexity index is 827. The van der Waals surface area contributed by atoms with Crippen molar-refractivity contribution in [1.82, 2.24) is 14.9 Å². The zero-order valence-corrected chi connectivity index (χ0v) is 17.1. The Labute approximate surface area is 172 Å². The summed E-state index contributed by atoms with van der Waals surface area (Å²) < 4.78 is 5.48. The maximum absolute atomic E-state index is 13.0. The predicted molar refractivity (Wildman–Crippen MR) is 114 cm³/mol. The third-order valence-electron chi connectivity index (χ3n) is 5.74. The predicted octanol–water partition coefficient (Wildman–Crippen LogP) is 2.83. The van der Waals surface area contributed by atoms with Gasteiger partial charge in [-0.25, -0.2) is 9.97 Å². The van der Waals surface area contributed by atoms with Crippen molar-refractivity contribution < 1.29 is 9.53 Å². The number of anilines is 2. The van der Waals surface area contributed by atoms with E-state index in [1.807, 2.05) is 23.1 Å². The number of carbonyl (C=O) groups excluding carboxylic acids is 1. The average molecular weight is 396 g/mol. The van der Waals surface area contributed by atoms with Gasteiger partial charge in [-0.3, -0.25) is 4.79 Å². The summed E-state index contributed by atoms with van der Waals surface area (Å²) in [6, 6.07) is 9.75. The van der Waals surface area contributed by atoms with E-state index in [1.165, 1.54) is 12.8 Å². The zero-order valence-electron chi connectivity index (χ0n) is 17.1. The minimum atomic E-state index is -0.0110. The molecule has 2 aliphatic rings. The fourth-order valence-electron chi connectivity index (χ4n) is 4.09. The fraction of sp³-hybridized carbons (Fsp3) is 0.500. The molecule has 2 saturated heterocycles. The van der Waals surface area contributed by atoms with Crippen molar-refractivity contribution in [3.63, 3.8) is 0 Å². The first-order valence-electron chi connectivity index (χ1n) is 10.5. The van der Waals surface area contributed by atoms with Crippen LogP contribution in [0.15, 0.2) is 36.5 Å². The van der Waals surface area contributed by atoms with Gasteiger partial charge in [-0.1, -0.05) is 25.0 Å². The molecule has 0 unspecified atom stereocenters. The Kier molecular flexibility index (Phi) is 6.12. The van der Waals surface area contributed by atoms with Crippen LogP contribution in [0.1, 0.15) is 36.2 Å². The van der Waals surface area contributed by atoms with Crippen LogP contribution in [-0.4, -0.2) is 67.2 Å². The highest BCUT2D eigenvalue weighted by atomic mass is 16.5. The van der Waals surface area contributed by atoms with Crippen LogP contribution in [0.4, 0.5) is 11.6 Å². The number of hydrogen-bond acceptors (Lipinski definition) is 6. The molecule has 3 heterocycles. The normalized spacial score (nSPS) is 17.8. The smallest absolute Gasteiger partial charge is 0.272 e. The topological polar surface area (TPSA) is 61.8 Å². The number of aromatic nitrogens is 2. The molecule has 0 saturated carbocycles. The number of hydrogen-bond donors (Lipinski definition) is 0. The van der Waals surface area contributed by atoms with E-state index in [4.69, 9.17) is 4.74 Å². The summed E-state index contributed by atoms with van der Waals surface area (Å²) in [5.41, 5.74) is 1.57. The molecule has 7 nitrogen and oxygen atoms in total. The molecule has 2 aromatic rings. The molecule has 0 aliphatic carbocycles. The highest BCUT2D eigenvalue weighted by Gasteiger charge is 2.25. The third-order valence-corrected chi connectivity index (χ3v) is 5.74. The Morgan fingerprint density at radius 3 is 2.34 bits per heavy atom. The molecular weight excluding hydrogens is 366 g/mol. The second-order valence-corrected chi connectivity index (χ2v) is 7.59. The highest BCUT2D eigenvalue weighted by molar-refractivity contribution is 5.92. The quantitative estimate of drug-likeness (QED) is 0.793. The molecule has 7 heteroatoms. The van der Waals surface area contributed by atoms with E-state index in [-0.39, 0.29) is 5.91 Å². The van der Waals surface area contributed by atoms with E-state index in [0.29, 0.717) is 24.7 Å². The summed E-state index contributed by atoms with van der Waals surface area (Å²) >= 11 is 0. The molecule has 0 atom stereocenters. The number of piperazine rings is 1. The van der Waals surface area contributed by atoms with E-state index in [2.05, 4.69) is 25.8 Å². The molecule has 0 spiro atoms. The van der Waals surface area contributed by atoms with Gasteiger partial charge in [-0.05, 0) is 31.0 Å². The monoisotopic (exact) mass is 395 g/mol. The molecule has 29 heavy (non-hydrogen) atoms. The van der Waals surface area contributed by atoms with Gasteiger partial charge in [-0.15, -0.1) is 0 Å². The number of ether oxygens (including phenoxy) is 1. The Hall–Kier alpha value is -2.83. The van der Waals surface area contributed by atoms with Crippen molar-refractivity contribution in [2.75, 3.05) is 56.2 Å². The molecule has 154 valence electrons. The average Bonchev–Trinajstić information content (AvgIpc) is 3.08. The van der Waals surface area contributed by atoms with Crippen molar-refractivity contribution in [2.24, 2.45) is 0 Å². The Morgan fingerprint density at radius 2 is 1.62 bits per heavy atom. The van der Waals surface area contributed by atoms with Gasteiger partial charge in [0.25, 0.3) is 5.91 Å². The van der Waals surface area contributed by atoms with Gasteiger partial charge in [0.2, 0.25) is 5.95 Å². The fourth-order valence-corrected chi connectivity index (χ4v) is 4.09. The van der Waals surface area contributed by atoms with Gasteiger partial charge in [0.05, 0.1) is 12.8 Å². The van der Waals surface area contributed by atoms with E-state index in [0.717, 1.165) is 50.5 Å². The summed E-state index contributed by atoms with van der Waals surface area (Å²) in [6.45, 7) is 4.82. The maximum Gasteiger partial charge on any atom is 0.272 e. The van der Waals surface area contributed by atoms with Crippen LogP contribution in [0.3, 0.4) is 0 Å². The molecule has 1 aromatic carbocycles. The first-order chi connectivity index (χ1) is 14.3. The molecule has 1 amide bonds. The number of nitrogens with zero attached hydrogens (tertiary/aromatic N) is 5. The molecule has 4 rings (SSSR count). The van der Waals surface area contributed by atoms with Gasteiger partial charge in [0.15, 0.2) is 0 Å². The standard InChI is InChI=1S/C22H29N5O2/c1-29-20-9-5-4-8-19(20)25-14-16-26(17-15-25)21(28)18-10-11-23-22(24-18)27-12-6-2-3-7-13-27/h4-5,8-11H,2-3,6-7,12-17H2,1H3. The first kappa shape index (κ1) is 19.5. The maximum atomic E-state index is 13.0. The van der Waals surface area contributed by atoms with Crippen LogP contribution in [0, 0.1) is 0 Å². The van der Waals surface area contributed by atoms with Crippen molar-refractivity contribution in [1.29, 1.82) is 0 Å². The molecule has 2 aliphatic heterocycles. The van der Waals surface area contributed by atoms with Crippen LogP contribution in [0.25, 0.3) is 0 Å². The number of para-hydroxylation sites is 2. The summed E-state index contributed by atoms with van der Waals surface area (Å²) in [5, 5.41) is 0. The lowest BCUT2D eigenvalue weighted by Gasteiger charge is -2.36. The highest BCUT2D eigenvalue weighted by Crippen LogP contribution is 2.28. The summed E-state index contributed by atoms with van der Waals surface area (Å²) in [7, 11) is 1.69. The van der Waals surface area contributed by atoms with Crippen molar-refractivity contribution in [3.8, 4) is 5.75 Å². The second kappa shape index (κ2) is 9.11. The van der Waals surface area contributed by atoms with Crippen molar-refractivity contribution in [2.45, 2.75) is 25.7 Å². The van der Waals surface area contributed by atoms with Crippen LogP contribution >= 0.6 is 0 Å². The van der Waals surface area contributed by atoms with Gasteiger partial charge in [-0.2, -0.15) is 0 Å². The van der Waals surface area contributed by atoms with E-state index in [9.17, 15) is 4.79 Å². The zero-order chi connectivity index (χ0) is 20.1. The van der Waals surface area contributed by atoms with Crippen molar-refractivity contribution >= 4 is 17.5 Å². The van der Waals surface area contributed by atoms with Gasteiger partial charge in [0, 0.05) is 45.5 Å². The molecular formula is C22H29N5O2.